The number of rotatable bonds is 3. The minimum Gasteiger partial charge on any atom is -0.381 e. The third kappa shape index (κ3) is 1.80. The van der Waals surface area contributed by atoms with Gasteiger partial charge in [0.2, 0.25) is 0 Å². The molecular weight excluding hydrogens is 194 g/mol. The largest absolute Gasteiger partial charge is 0.381 e. The average molecular weight is 207 g/mol. The van der Waals surface area contributed by atoms with Crippen LogP contribution in [-0.2, 0) is 6.54 Å². The molecule has 0 saturated carbocycles. The Kier molecular flexibility index (Phi) is 2.82. The van der Waals surface area contributed by atoms with Gasteiger partial charge in [-0.2, -0.15) is 0 Å². The van der Waals surface area contributed by atoms with E-state index in [9.17, 15) is 0 Å². The first-order valence-electron chi connectivity index (χ1n) is 4.56. The van der Waals surface area contributed by atoms with Crippen LogP contribution in [0.15, 0.2) is 29.6 Å². The molecule has 2 aromatic rings. The normalized spacial score (nSPS) is 11.4. The van der Waals surface area contributed by atoms with Gasteiger partial charge in [-0.15, -0.1) is 11.3 Å². The first-order chi connectivity index (χ1) is 6.81. The Morgan fingerprint density at radius 1 is 1.36 bits per heavy atom. The molecule has 0 saturated heterocycles. The van der Waals surface area contributed by atoms with E-state index in [4.69, 9.17) is 5.11 Å². The van der Waals surface area contributed by atoms with E-state index in [1.165, 1.54) is 15.6 Å². The van der Waals surface area contributed by atoms with Crippen LogP contribution >= 0.6 is 11.3 Å². The van der Waals surface area contributed by atoms with Crippen molar-refractivity contribution in [3.05, 3.63) is 35.2 Å². The number of aliphatic hydroxyl groups excluding tert-OH is 1. The predicted octanol–water partition coefficient (Wildman–Crippen LogP) is 2.28. The zero-order chi connectivity index (χ0) is 9.97. The minimum absolute atomic E-state index is 0.101. The Morgan fingerprint density at radius 3 is 2.93 bits per heavy atom. The van der Waals surface area contributed by atoms with Gasteiger partial charge < -0.3 is 5.11 Å². The fourth-order valence-electron chi connectivity index (χ4n) is 1.50. The molecule has 0 aliphatic carbocycles. The number of aliphatic hydroxyl groups is 1. The summed E-state index contributed by atoms with van der Waals surface area (Å²) >= 11 is 1.76. The smallest absolute Gasteiger partial charge is 0.0956 e. The first-order valence-corrected chi connectivity index (χ1v) is 5.43. The molecule has 0 spiro atoms. The van der Waals surface area contributed by atoms with E-state index in [0.29, 0.717) is 0 Å². The molecule has 2 rings (SSSR count). The van der Waals surface area contributed by atoms with Crippen molar-refractivity contribution in [1.82, 2.24) is 4.90 Å². The zero-order valence-electron chi connectivity index (χ0n) is 8.10. The second-order valence-corrected chi connectivity index (χ2v) is 4.32. The molecule has 3 heteroatoms. The number of fused-ring (bicyclic) bond motifs is 1. The molecule has 0 aliphatic heterocycles. The summed E-state index contributed by atoms with van der Waals surface area (Å²) in [6.45, 7) is 0.907. The maximum Gasteiger partial charge on any atom is 0.0956 e. The van der Waals surface area contributed by atoms with E-state index in [-0.39, 0.29) is 6.73 Å². The molecule has 14 heavy (non-hydrogen) atoms. The summed E-state index contributed by atoms with van der Waals surface area (Å²) in [5.74, 6) is 0. The fraction of sp³-hybridized carbons (Fsp3) is 0.273. The molecule has 1 aromatic carbocycles. The number of hydrogen-bond donors (Lipinski definition) is 1. The molecule has 0 aliphatic rings. The van der Waals surface area contributed by atoms with E-state index < -0.39 is 0 Å². The van der Waals surface area contributed by atoms with Crippen molar-refractivity contribution in [3.8, 4) is 0 Å². The van der Waals surface area contributed by atoms with Crippen LogP contribution in [0.4, 0.5) is 0 Å². The second kappa shape index (κ2) is 4.09. The monoisotopic (exact) mass is 207 g/mol. The Hall–Kier alpha value is -0.900. The summed E-state index contributed by atoms with van der Waals surface area (Å²) in [7, 11) is 1.91. The minimum atomic E-state index is 0.101. The van der Waals surface area contributed by atoms with E-state index >= 15 is 0 Å². The van der Waals surface area contributed by atoms with Crippen LogP contribution in [-0.4, -0.2) is 23.8 Å². The first kappa shape index (κ1) is 9.65. The summed E-state index contributed by atoms with van der Waals surface area (Å²) in [5.41, 5.74) is 1.29. The van der Waals surface area contributed by atoms with Crippen LogP contribution < -0.4 is 0 Å². The van der Waals surface area contributed by atoms with Crippen LogP contribution in [0.2, 0.25) is 0 Å². The molecule has 0 radical (unpaired) electrons. The van der Waals surface area contributed by atoms with Gasteiger partial charge in [-0.3, -0.25) is 4.90 Å². The molecule has 74 valence electrons. The molecule has 0 bridgehead atoms. The van der Waals surface area contributed by atoms with E-state index in [2.05, 4.69) is 29.6 Å². The second-order valence-electron chi connectivity index (χ2n) is 3.41. The summed E-state index contributed by atoms with van der Waals surface area (Å²) in [4.78, 5) is 1.88. The average Bonchev–Trinajstić information content (AvgIpc) is 2.62. The molecule has 1 N–H and O–H groups in total. The highest BCUT2D eigenvalue weighted by atomic mass is 32.1. The summed E-state index contributed by atoms with van der Waals surface area (Å²) in [6.07, 6.45) is 0. The highest BCUT2D eigenvalue weighted by molar-refractivity contribution is 7.17. The Bertz CT molecular complexity index is 424. The lowest BCUT2D eigenvalue weighted by molar-refractivity contribution is 0.127. The SMILES string of the molecule is CN(CO)Cc1csc2ccccc12. The lowest BCUT2D eigenvalue weighted by Crippen LogP contribution is -2.18. The van der Waals surface area contributed by atoms with Crippen LogP contribution in [0.25, 0.3) is 10.1 Å². The lowest BCUT2D eigenvalue weighted by atomic mass is 10.2. The molecule has 1 aromatic heterocycles. The van der Waals surface area contributed by atoms with Crippen molar-refractivity contribution in [3.63, 3.8) is 0 Å². The maximum atomic E-state index is 8.93. The summed E-state index contributed by atoms with van der Waals surface area (Å²) in [6, 6.07) is 8.37. The topological polar surface area (TPSA) is 23.5 Å². The van der Waals surface area contributed by atoms with Crippen LogP contribution in [0.3, 0.4) is 0 Å². The predicted molar refractivity (Wildman–Crippen MR) is 60.4 cm³/mol. The highest BCUT2D eigenvalue weighted by Gasteiger charge is 2.04. The molecular formula is C11H13NOS. The number of nitrogens with zero attached hydrogens (tertiary/aromatic N) is 1. The molecule has 0 unspecified atom stereocenters. The van der Waals surface area contributed by atoms with Crippen molar-refractivity contribution in [2.75, 3.05) is 13.8 Å². The lowest BCUT2D eigenvalue weighted by Gasteiger charge is -2.11. The number of hydrogen-bond acceptors (Lipinski definition) is 3. The number of benzene rings is 1. The summed E-state index contributed by atoms with van der Waals surface area (Å²) < 4.78 is 1.31. The Balaban J connectivity index is 2.33. The van der Waals surface area contributed by atoms with Crippen LogP contribution in [0.1, 0.15) is 5.56 Å². The van der Waals surface area contributed by atoms with Gasteiger partial charge in [0, 0.05) is 11.2 Å². The van der Waals surface area contributed by atoms with Crippen LogP contribution in [0, 0.1) is 0 Å². The zero-order valence-corrected chi connectivity index (χ0v) is 8.92. The van der Waals surface area contributed by atoms with Gasteiger partial charge >= 0.3 is 0 Å². The van der Waals surface area contributed by atoms with Gasteiger partial charge in [-0.25, -0.2) is 0 Å². The Labute approximate surface area is 87.4 Å². The van der Waals surface area contributed by atoms with Crippen LogP contribution in [0.5, 0.6) is 0 Å². The van der Waals surface area contributed by atoms with Gasteiger partial charge in [0.05, 0.1) is 6.73 Å². The quantitative estimate of drug-likeness (QED) is 0.780. The standard InChI is InChI=1S/C11H13NOS/c1-12(8-13)6-9-7-14-11-5-3-2-4-10(9)11/h2-5,7,13H,6,8H2,1H3. The highest BCUT2D eigenvalue weighted by Crippen LogP contribution is 2.26. The summed E-state index contributed by atoms with van der Waals surface area (Å²) in [5, 5.41) is 12.4. The van der Waals surface area contributed by atoms with Gasteiger partial charge in [0.1, 0.15) is 0 Å². The molecule has 0 fully saturated rings. The molecule has 1 heterocycles. The van der Waals surface area contributed by atoms with Gasteiger partial charge in [-0.05, 0) is 29.4 Å². The Morgan fingerprint density at radius 2 is 2.14 bits per heavy atom. The molecule has 0 atom stereocenters. The van der Waals surface area contributed by atoms with Crippen molar-refractivity contribution >= 4 is 21.4 Å². The van der Waals surface area contributed by atoms with Crippen molar-refractivity contribution in [2.45, 2.75) is 6.54 Å². The molecule has 0 amide bonds. The maximum absolute atomic E-state index is 8.93. The van der Waals surface area contributed by atoms with E-state index in [1.807, 2.05) is 11.9 Å². The van der Waals surface area contributed by atoms with Crippen molar-refractivity contribution in [2.24, 2.45) is 0 Å². The van der Waals surface area contributed by atoms with E-state index in [0.717, 1.165) is 6.54 Å². The van der Waals surface area contributed by atoms with Crippen molar-refractivity contribution in [1.29, 1.82) is 0 Å². The number of thiophene rings is 1. The van der Waals surface area contributed by atoms with Crippen molar-refractivity contribution < 1.29 is 5.11 Å². The third-order valence-electron chi connectivity index (χ3n) is 2.24. The van der Waals surface area contributed by atoms with E-state index in [1.54, 1.807) is 11.3 Å². The van der Waals surface area contributed by atoms with Gasteiger partial charge in [0.25, 0.3) is 0 Å². The molecule has 2 nitrogen and oxygen atoms in total. The van der Waals surface area contributed by atoms with Gasteiger partial charge in [0.15, 0.2) is 0 Å². The van der Waals surface area contributed by atoms with Gasteiger partial charge in [-0.1, -0.05) is 18.2 Å². The third-order valence-corrected chi connectivity index (χ3v) is 3.26. The fourth-order valence-corrected chi connectivity index (χ4v) is 2.45.